The van der Waals surface area contributed by atoms with Gasteiger partial charge in [-0.15, -0.1) is 0 Å². The van der Waals surface area contributed by atoms with Gasteiger partial charge in [-0.25, -0.2) is 10.1 Å². The molecule has 3 rings (SSSR count). The number of nitrogens with one attached hydrogen (secondary N) is 1. The lowest BCUT2D eigenvalue weighted by Gasteiger charge is -1.96. The van der Waals surface area contributed by atoms with Crippen LogP contribution in [0, 0.1) is 0 Å². The molecule has 2 heterocycles. The van der Waals surface area contributed by atoms with E-state index in [1.54, 1.807) is 18.2 Å². The summed E-state index contributed by atoms with van der Waals surface area (Å²) in [5, 5.41) is 6.75. The van der Waals surface area contributed by atoms with Crippen LogP contribution >= 0.6 is 0 Å². The van der Waals surface area contributed by atoms with Crippen molar-refractivity contribution in [2.24, 2.45) is 4.99 Å². The van der Waals surface area contributed by atoms with E-state index < -0.39 is 0 Å². The van der Waals surface area contributed by atoms with Gasteiger partial charge in [-0.3, -0.25) is 4.79 Å². The second-order valence-corrected chi connectivity index (χ2v) is 3.58. The number of aromatic amines is 1. The normalized spacial score (nSPS) is 11.3. The molecule has 0 spiro atoms. The molecule has 1 aromatic carbocycles. The topological polar surface area (TPSA) is 84.1 Å². The van der Waals surface area contributed by atoms with E-state index in [9.17, 15) is 4.79 Å². The van der Waals surface area contributed by atoms with E-state index in [0.717, 1.165) is 0 Å². The summed E-state index contributed by atoms with van der Waals surface area (Å²) in [6.45, 7) is 0. The molecule has 6 nitrogen and oxygen atoms in total. The lowest BCUT2D eigenvalue weighted by molar-refractivity contribution is 0.601. The van der Waals surface area contributed by atoms with Crippen molar-refractivity contribution in [1.82, 2.24) is 15.2 Å². The van der Waals surface area contributed by atoms with Crippen LogP contribution in [0.4, 0.5) is 5.95 Å². The van der Waals surface area contributed by atoms with Crippen LogP contribution in [0.2, 0.25) is 0 Å². The van der Waals surface area contributed by atoms with Crippen LogP contribution in [-0.2, 0) is 0 Å². The van der Waals surface area contributed by atoms with Crippen LogP contribution in [0.25, 0.3) is 11.0 Å². The van der Waals surface area contributed by atoms with Crippen molar-refractivity contribution in [1.29, 1.82) is 0 Å². The highest BCUT2D eigenvalue weighted by molar-refractivity contribution is 5.86. The highest BCUT2D eigenvalue weighted by Gasteiger charge is 2.04. The molecule has 0 saturated carbocycles. The van der Waals surface area contributed by atoms with Gasteiger partial charge in [-0.2, -0.15) is 10.1 Å². The van der Waals surface area contributed by atoms with Gasteiger partial charge in [0.15, 0.2) is 0 Å². The highest BCUT2D eigenvalue weighted by atomic mass is 16.3. The quantitative estimate of drug-likeness (QED) is 0.690. The molecule has 3 aromatic rings. The average Bonchev–Trinajstić information content (AvgIpc) is 2.91. The van der Waals surface area contributed by atoms with E-state index in [0.29, 0.717) is 22.5 Å². The van der Waals surface area contributed by atoms with Crippen molar-refractivity contribution in [3.05, 3.63) is 52.6 Å². The van der Waals surface area contributed by atoms with Gasteiger partial charge < -0.3 is 4.42 Å². The smallest absolute Gasteiger partial charge is 0.245 e. The van der Waals surface area contributed by atoms with Crippen LogP contribution in [0.1, 0.15) is 5.56 Å². The van der Waals surface area contributed by atoms with Crippen LogP contribution < -0.4 is 5.43 Å². The summed E-state index contributed by atoms with van der Waals surface area (Å²) in [4.78, 5) is 19.9. The Morgan fingerprint density at radius 2 is 2.22 bits per heavy atom. The maximum Gasteiger partial charge on any atom is 0.245 e. The Morgan fingerprint density at radius 1 is 1.33 bits per heavy atom. The Kier molecular flexibility index (Phi) is 2.45. The Labute approximate surface area is 101 Å². The maximum atomic E-state index is 12.1. The van der Waals surface area contributed by atoms with Crippen molar-refractivity contribution < 1.29 is 4.42 Å². The summed E-state index contributed by atoms with van der Waals surface area (Å²) in [5.41, 5.74) is 0.796. The maximum absolute atomic E-state index is 12.1. The largest absolute Gasteiger partial charge is 0.463 e. The average molecular weight is 240 g/mol. The number of para-hydroxylation sites is 1. The standard InChI is InChI=1S/C12H8N4O2/c17-11-8(5-13-12-14-7-15-16-12)6-18-10-4-2-1-3-9(10)11/h1-7H,(H,14,15,16). The third-order valence-corrected chi connectivity index (χ3v) is 2.43. The van der Waals surface area contributed by atoms with E-state index in [-0.39, 0.29) is 5.43 Å². The fourth-order valence-corrected chi connectivity index (χ4v) is 1.57. The zero-order valence-electron chi connectivity index (χ0n) is 9.20. The van der Waals surface area contributed by atoms with Gasteiger partial charge in [-0.1, -0.05) is 12.1 Å². The number of hydrogen-bond acceptors (Lipinski definition) is 5. The highest BCUT2D eigenvalue weighted by Crippen LogP contribution is 2.10. The minimum absolute atomic E-state index is 0.125. The Balaban J connectivity index is 2.08. The molecule has 0 fully saturated rings. The van der Waals surface area contributed by atoms with Gasteiger partial charge in [0.1, 0.15) is 18.2 Å². The first kappa shape index (κ1) is 10.4. The van der Waals surface area contributed by atoms with Crippen LogP contribution in [0.15, 0.2) is 51.1 Å². The SMILES string of the molecule is O=c1c(C=Nc2ncn[nH]2)coc2ccccc12. The number of aromatic nitrogens is 3. The Morgan fingerprint density at radius 3 is 3.06 bits per heavy atom. The van der Waals surface area contributed by atoms with E-state index in [1.807, 2.05) is 6.07 Å². The van der Waals surface area contributed by atoms with E-state index in [2.05, 4.69) is 20.2 Å². The molecule has 88 valence electrons. The van der Waals surface area contributed by atoms with Gasteiger partial charge in [0.05, 0.1) is 10.9 Å². The molecule has 6 heteroatoms. The number of benzene rings is 1. The molecule has 0 saturated heterocycles. The number of rotatable bonds is 2. The summed E-state index contributed by atoms with van der Waals surface area (Å²) in [7, 11) is 0. The molecule has 2 aromatic heterocycles. The predicted molar refractivity (Wildman–Crippen MR) is 66.1 cm³/mol. The predicted octanol–water partition coefficient (Wildman–Crippen LogP) is 1.66. The third-order valence-electron chi connectivity index (χ3n) is 2.43. The van der Waals surface area contributed by atoms with Crippen molar-refractivity contribution in [2.75, 3.05) is 0 Å². The number of hydrogen-bond donors (Lipinski definition) is 1. The minimum atomic E-state index is -0.125. The van der Waals surface area contributed by atoms with Gasteiger partial charge in [0.2, 0.25) is 11.4 Å². The van der Waals surface area contributed by atoms with E-state index in [1.165, 1.54) is 18.8 Å². The fourth-order valence-electron chi connectivity index (χ4n) is 1.57. The summed E-state index contributed by atoms with van der Waals surface area (Å²) >= 11 is 0. The first-order valence-electron chi connectivity index (χ1n) is 5.24. The Bertz CT molecular complexity index is 759. The summed E-state index contributed by atoms with van der Waals surface area (Å²) < 4.78 is 5.36. The molecule has 0 unspecified atom stereocenters. The van der Waals surface area contributed by atoms with Gasteiger partial charge in [0, 0.05) is 6.21 Å². The summed E-state index contributed by atoms with van der Waals surface area (Å²) in [6.07, 6.45) is 4.12. The zero-order valence-corrected chi connectivity index (χ0v) is 9.20. The monoisotopic (exact) mass is 240 g/mol. The van der Waals surface area contributed by atoms with Crippen molar-refractivity contribution in [3.8, 4) is 0 Å². The number of H-pyrrole nitrogens is 1. The zero-order chi connectivity index (χ0) is 12.4. The Hall–Kier alpha value is -2.76. The van der Waals surface area contributed by atoms with E-state index >= 15 is 0 Å². The molecule has 0 amide bonds. The third kappa shape index (κ3) is 1.80. The second kappa shape index (κ2) is 4.25. The molecule has 0 bridgehead atoms. The minimum Gasteiger partial charge on any atom is -0.463 e. The van der Waals surface area contributed by atoms with Crippen LogP contribution in [0.5, 0.6) is 0 Å². The van der Waals surface area contributed by atoms with Gasteiger partial charge in [0.25, 0.3) is 0 Å². The van der Waals surface area contributed by atoms with Crippen LogP contribution in [0.3, 0.4) is 0 Å². The lowest BCUT2D eigenvalue weighted by atomic mass is 10.2. The molecule has 1 N–H and O–H groups in total. The molecule has 0 aliphatic carbocycles. The molecule has 0 aliphatic heterocycles. The van der Waals surface area contributed by atoms with Crippen LogP contribution in [-0.4, -0.2) is 21.4 Å². The first-order chi connectivity index (χ1) is 8.84. The van der Waals surface area contributed by atoms with Crippen molar-refractivity contribution in [3.63, 3.8) is 0 Å². The molecule has 18 heavy (non-hydrogen) atoms. The van der Waals surface area contributed by atoms with E-state index in [4.69, 9.17) is 4.42 Å². The second-order valence-electron chi connectivity index (χ2n) is 3.58. The molecule has 0 radical (unpaired) electrons. The summed E-state index contributed by atoms with van der Waals surface area (Å²) in [5.74, 6) is 0.336. The molecular formula is C12H8N4O2. The van der Waals surface area contributed by atoms with Crippen molar-refractivity contribution >= 4 is 23.1 Å². The van der Waals surface area contributed by atoms with Crippen molar-refractivity contribution in [2.45, 2.75) is 0 Å². The van der Waals surface area contributed by atoms with Gasteiger partial charge >= 0.3 is 0 Å². The molecule has 0 atom stereocenters. The number of aliphatic imine (C=N–C) groups is 1. The molecular weight excluding hydrogens is 232 g/mol. The fraction of sp³-hybridized carbons (Fsp3) is 0. The van der Waals surface area contributed by atoms with Gasteiger partial charge in [-0.05, 0) is 12.1 Å². The summed E-state index contributed by atoms with van der Waals surface area (Å²) in [6, 6.07) is 7.06. The molecule has 0 aliphatic rings. The first-order valence-corrected chi connectivity index (χ1v) is 5.24. The number of fused-ring (bicyclic) bond motifs is 1. The number of nitrogens with zero attached hydrogens (tertiary/aromatic N) is 3. The lowest BCUT2D eigenvalue weighted by Crippen LogP contribution is -2.07.